The number of benzene rings is 1. The van der Waals surface area contributed by atoms with Crippen LogP contribution in [0.15, 0.2) is 33.5 Å². The summed E-state index contributed by atoms with van der Waals surface area (Å²) in [4.78, 5) is 37.6. The standard InChI is InChI=1S/C18H18F3N3O4/c1-22-9-15(25)24-6-2-3-13(24)17(27)23-10-4-5-11-12(18(19,20)21)8-16(26)28-14(11)7-10/h4-5,7-8,13,22H,2-3,6,9H2,1H3,(H,23,27). The number of nitrogens with zero attached hydrogens (tertiary/aromatic N) is 1. The lowest BCUT2D eigenvalue weighted by atomic mass is 10.1. The number of amides is 2. The Morgan fingerprint density at radius 3 is 2.71 bits per heavy atom. The molecule has 0 spiro atoms. The van der Waals surface area contributed by atoms with Crippen LogP contribution in [0.2, 0.25) is 0 Å². The van der Waals surface area contributed by atoms with Gasteiger partial charge in [-0.05, 0) is 32.0 Å². The lowest BCUT2D eigenvalue weighted by Crippen LogP contribution is -2.46. The molecule has 1 aromatic heterocycles. The molecule has 1 aromatic carbocycles. The summed E-state index contributed by atoms with van der Waals surface area (Å²) in [6.45, 7) is 0.561. The molecule has 150 valence electrons. The number of anilines is 1. The summed E-state index contributed by atoms with van der Waals surface area (Å²) in [5, 5.41) is 5.04. The lowest BCUT2D eigenvalue weighted by Gasteiger charge is -2.24. The average molecular weight is 397 g/mol. The molecule has 1 aliphatic heterocycles. The monoisotopic (exact) mass is 397 g/mol. The van der Waals surface area contributed by atoms with Crippen LogP contribution >= 0.6 is 0 Å². The highest BCUT2D eigenvalue weighted by atomic mass is 19.4. The Labute approximate surface area is 157 Å². The van der Waals surface area contributed by atoms with Gasteiger partial charge in [0.15, 0.2) is 0 Å². The van der Waals surface area contributed by atoms with Gasteiger partial charge in [0.25, 0.3) is 0 Å². The van der Waals surface area contributed by atoms with E-state index in [1.54, 1.807) is 7.05 Å². The van der Waals surface area contributed by atoms with E-state index in [0.717, 1.165) is 6.07 Å². The minimum absolute atomic E-state index is 0.102. The maximum atomic E-state index is 13.1. The number of hydrogen-bond donors (Lipinski definition) is 2. The van der Waals surface area contributed by atoms with Crippen LogP contribution < -0.4 is 16.3 Å². The molecule has 0 bridgehead atoms. The number of carbonyl (C=O) groups is 2. The molecule has 3 rings (SSSR count). The topological polar surface area (TPSA) is 91.7 Å². The van der Waals surface area contributed by atoms with Crippen LogP contribution in [0, 0.1) is 0 Å². The molecular formula is C18H18F3N3O4. The predicted molar refractivity (Wildman–Crippen MR) is 94.8 cm³/mol. The molecule has 1 atom stereocenters. The first-order valence-corrected chi connectivity index (χ1v) is 8.61. The van der Waals surface area contributed by atoms with Crippen molar-refractivity contribution >= 4 is 28.5 Å². The number of hydrogen-bond acceptors (Lipinski definition) is 5. The fraction of sp³-hybridized carbons (Fsp3) is 0.389. The van der Waals surface area contributed by atoms with Gasteiger partial charge in [-0.25, -0.2) is 4.79 Å². The van der Waals surface area contributed by atoms with Crippen LogP contribution in [-0.2, 0) is 15.8 Å². The molecule has 0 radical (unpaired) electrons. The van der Waals surface area contributed by atoms with Crippen LogP contribution in [0.1, 0.15) is 18.4 Å². The number of halogens is 3. The molecule has 1 saturated heterocycles. The third-order valence-corrected chi connectivity index (χ3v) is 4.52. The Hall–Kier alpha value is -2.88. The SMILES string of the molecule is CNCC(=O)N1CCCC1C(=O)Nc1ccc2c(C(F)(F)F)cc(=O)oc2c1. The summed E-state index contributed by atoms with van der Waals surface area (Å²) in [7, 11) is 1.63. The van der Waals surface area contributed by atoms with Gasteiger partial charge in [-0.1, -0.05) is 0 Å². The Kier molecular flexibility index (Phi) is 5.41. The predicted octanol–water partition coefficient (Wildman–Crippen LogP) is 1.96. The van der Waals surface area contributed by atoms with Gasteiger partial charge in [-0.2, -0.15) is 13.2 Å². The van der Waals surface area contributed by atoms with E-state index in [2.05, 4.69) is 10.6 Å². The molecule has 7 nitrogen and oxygen atoms in total. The summed E-state index contributed by atoms with van der Waals surface area (Å²) < 4.78 is 44.2. The third-order valence-electron chi connectivity index (χ3n) is 4.52. The van der Waals surface area contributed by atoms with Gasteiger partial charge in [0.2, 0.25) is 11.8 Å². The Balaban J connectivity index is 1.86. The summed E-state index contributed by atoms with van der Waals surface area (Å²) in [5.41, 5.74) is -2.35. The van der Waals surface area contributed by atoms with Gasteiger partial charge >= 0.3 is 11.8 Å². The van der Waals surface area contributed by atoms with Crippen LogP contribution in [0.25, 0.3) is 11.0 Å². The highest BCUT2D eigenvalue weighted by Gasteiger charge is 2.35. The number of rotatable bonds is 4. The van der Waals surface area contributed by atoms with E-state index in [-0.39, 0.29) is 29.1 Å². The lowest BCUT2D eigenvalue weighted by molar-refractivity contribution is -0.136. The fourth-order valence-electron chi connectivity index (χ4n) is 3.29. The molecule has 0 saturated carbocycles. The normalized spacial score (nSPS) is 17.1. The second kappa shape index (κ2) is 7.63. The average Bonchev–Trinajstić information content (AvgIpc) is 3.10. The van der Waals surface area contributed by atoms with Gasteiger partial charge in [0.05, 0.1) is 12.1 Å². The zero-order chi connectivity index (χ0) is 20.5. The Bertz CT molecular complexity index is 971. The van der Waals surface area contributed by atoms with E-state index in [0.29, 0.717) is 25.5 Å². The van der Waals surface area contributed by atoms with Gasteiger partial charge in [-0.15, -0.1) is 0 Å². The zero-order valence-electron chi connectivity index (χ0n) is 14.9. The molecular weight excluding hydrogens is 379 g/mol. The molecule has 28 heavy (non-hydrogen) atoms. The van der Waals surface area contributed by atoms with Crippen molar-refractivity contribution in [1.29, 1.82) is 0 Å². The summed E-state index contributed by atoms with van der Waals surface area (Å²) in [5.74, 6) is -0.657. The highest BCUT2D eigenvalue weighted by Crippen LogP contribution is 2.34. The van der Waals surface area contributed by atoms with Crippen molar-refractivity contribution in [2.45, 2.75) is 25.1 Å². The molecule has 2 amide bonds. The van der Waals surface area contributed by atoms with E-state index in [9.17, 15) is 27.6 Å². The Morgan fingerprint density at radius 2 is 2.04 bits per heavy atom. The maximum absolute atomic E-state index is 13.1. The summed E-state index contributed by atoms with van der Waals surface area (Å²) in [6, 6.07) is 3.33. The smallest absolute Gasteiger partial charge is 0.417 e. The van der Waals surface area contributed by atoms with Crippen molar-refractivity contribution < 1.29 is 27.2 Å². The minimum atomic E-state index is -4.71. The van der Waals surface area contributed by atoms with Gasteiger partial charge in [0, 0.05) is 29.8 Å². The maximum Gasteiger partial charge on any atom is 0.417 e. The molecule has 2 aromatic rings. The van der Waals surface area contributed by atoms with E-state index in [4.69, 9.17) is 4.42 Å². The van der Waals surface area contributed by atoms with Crippen LogP contribution in [0.4, 0.5) is 18.9 Å². The van der Waals surface area contributed by atoms with Crippen LogP contribution in [0.5, 0.6) is 0 Å². The number of likely N-dealkylation sites (N-methyl/N-ethyl adjacent to an activating group) is 1. The molecule has 1 fully saturated rings. The zero-order valence-corrected chi connectivity index (χ0v) is 14.9. The number of likely N-dealkylation sites (tertiary alicyclic amines) is 1. The van der Waals surface area contributed by atoms with Crippen molar-refractivity contribution in [3.05, 3.63) is 40.2 Å². The van der Waals surface area contributed by atoms with E-state index in [1.165, 1.54) is 17.0 Å². The minimum Gasteiger partial charge on any atom is -0.423 e. The molecule has 1 unspecified atom stereocenters. The van der Waals surface area contributed by atoms with E-state index in [1.807, 2.05) is 0 Å². The third kappa shape index (κ3) is 4.01. The van der Waals surface area contributed by atoms with Gasteiger partial charge < -0.3 is 20.0 Å². The van der Waals surface area contributed by atoms with Crippen molar-refractivity contribution in [2.24, 2.45) is 0 Å². The van der Waals surface area contributed by atoms with Gasteiger partial charge in [-0.3, -0.25) is 9.59 Å². The largest absolute Gasteiger partial charge is 0.423 e. The first kappa shape index (κ1) is 19.9. The molecule has 2 N–H and O–H groups in total. The van der Waals surface area contributed by atoms with E-state index < -0.39 is 29.3 Å². The molecule has 2 heterocycles. The van der Waals surface area contributed by atoms with Crippen molar-refractivity contribution in [1.82, 2.24) is 10.2 Å². The number of alkyl halides is 3. The van der Waals surface area contributed by atoms with Crippen molar-refractivity contribution in [3.63, 3.8) is 0 Å². The summed E-state index contributed by atoms with van der Waals surface area (Å²) in [6.07, 6.45) is -3.55. The molecule has 0 aliphatic carbocycles. The molecule has 1 aliphatic rings. The molecule has 10 heteroatoms. The van der Waals surface area contributed by atoms with Crippen molar-refractivity contribution in [2.75, 3.05) is 25.5 Å². The van der Waals surface area contributed by atoms with Crippen LogP contribution in [0.3, 0.4) is 0 Å². The first-order chi connectivity index (χ1) is 13.2. The quantitative estimate of drug-likeness (QED) is 0.770. The summed E-state index contributed by atoms with van der Waals surface area (Å²) >= 11 is 0. The second-order valence-electron chi connectivity index (χ2n) is 6.45. The van der Waals surface area contributed by atoms with Crippen molar-refractivity contribution in [3.8, 4) is 0 Å². The fourth-order valence-corrected chi connectivity index (χ4v) is 3.29. The van der Waals surface area contributed by atoms with E-state index >= 15 is 0 Å². The first-order valence-electron chi connectivity index (χ1n) is 8.61. The van der Waals surface area contributed by atoms with Gasteiger partial charge in [0.1, 0.15) is 11.6 Å². The Morgan fingerprint density at radius 1 is 1.29 bits per heavy atom. The van der Waals surface area contributed by atoms with Crippen LogP contribution in [-0.4, -0.2) is 42.9 Å². The second-order valence-corrected chi connectivity index (χ2v) is 6.45. The highest BCUT2D eigenvalue weighted by molar-refractivity contribution is 5.99. The number of nitrogens with one attached hydrogen (secondary N) is 2. The number of fused-ring (bicyclic) bond motifs is 1. The number of carbonyl (C=O) groups excluding carboxylic acids is 2.